The van der Waals surface area contributed by atoms with Gasteiger partial charge in [0.05, 0.1) is 21.4 Å². The van der Waals surface area contributed by atoms with Crippen molar-refractivity contribution < 1.29 is 0 Å². The average molecular weight is 404 g/mol. The van der Waals surface area contributed by atoms with Crippen LogP contribution in [0.2, 0.25) is 0 Å². The zero-order chi connectivity index (χ0) is 20.1. The van der Waals surface area contributed by atoms with Crippen molar-refractivity contribution in [2.45, 2.75) is 6.92 Å². The molecule has 0 spiro atoms. The summed E-state index contributed by atoms with van der Waals surface area (Å²) in [6.45, 7) is 2.04. The Morgan fingerprint density at radius 3 is 2.47 bits per heavy atom. The predicted molar refractivity (Wildman–Crippen MR) is 124 cm³/mol. The molecule has 3 aromatic heterocycles. The minimum Gasteiger partial charge on any atom is -0.253 e. The molecule has 30 heavy (non-hydrogen) atoms. The van der Waals surface area contributed by atoms with Gasteiger partial charge in [-0.1, -0.05) is 42.5 Å². The van der Waals surface area contributed by atoms with E-state index in [9.17, 15) is 0 Å². The Labute approximate surface area is 176 Å². The van der Waals surface area contributed by atoms with Crippen LogP contribution in [0, 0.1) is 6.92 Å². The van der Waals surface area contributed by atoms with Crippen molar-refractivity contribution in [2.75, 3.05) is 0 Å². The van der Waals surface area contributed by atoms with Crippen molar-refractivity contribution in [3.63, 3.8) is 0 Å². The number of hydrogen-bond donors (Lipinski definition) is 0. The van der Waals surface area contributed by atoms with E-state index in [2.05, 4.69) is 47.4 Å². The lowest BCUT2D eigenvalue weighted by molar-refractivity contribution is 1.15. The molecule has 0 radical (unpaired) electrons. The summed E-state index contributed by atoms with van der Waals surface area (Å²) in [6, 6.07) is 24.7. The first-order valence-electron chi connectivity index (χ1n) is 9.75. The number of rotatable bonds is 2. The van der Waals surface area contributed by atoms with Gasteiger partial charge in [-0.05, 0) is 48.0 Å². The first-order valence-corrected chi connectivity index (χ1v) is 10.6. The van der Waals surface area contributed by atoms with Gasteiger partial charge in [-0.15, -0.1) is 11.3 Å². The summed E-state index contributed by atoms with van der Waals surface area (Å²) in [5, 5.41) is 4.41. The molecule has 0 saturated heterocycles. The zero-order valence-electron chi connectivity index (χ0n) is 16.2. The molecule has 6 aromatic rings. The summed E-state index contributed by atoms with van der Waals surface area (Å²) in [5.74, 6) is 0.693. The maximum atomic E-state index is 4.83. The number of benzene rings is 3. The second kappa shape index (κ2) is 6.68. The highest BCUT2D eigenvalue weighted by molar-refractivity contribution is 7.21. The van der Waals surface area contributed by atoms with Crippen LogP contribution in [0.1, 0.15) is 5.69 Å². The molecule has 0 N–H and O–H groups in total. The van der Waals surface area contributed by atoms with Crippen LogP contribution in [0.25, 0.3) is 54.0 Å². The number of fused-ring (bicyclic) bond motifs is 4. The fourth-order valence-electron chi connectivity index (χ4n) is 3.85. The van der Waals surface area contributed by atoms with Gasteiger partial charge in [-0.3, -0.25) is 4.98 Å². The van der Waals surface area contributed by atoms with Gasteiger partial charge < -0.3 is 0 Å². The number of aryl methyl sites for hydroxylation is 1. The van der Waals surface area contributed by atoms with Gasteiger partial charge in [0.2, 0.25) is 0 Å². The summed E-state index contributed by atoms with van der Waals surface area (Å²) in [7, 11) is 0. The lowest BCUT2D eigenvalue weighted by atomic mass is 10.0. The average Bonchev–Trinajstić information content (AvgIpc) is 3.23. The van der Waals surface area contributed by atoms with Gasteiger partial charge in [-0.2, -0.15) is 0 Å². The standard InChI is InChI=1S/C25H16N4S/c1-15-23-18-7-3-2-6-16(18)10-12-20(23)28-24(27-15)17-11-13-21(26-14-17)25-29-19-8-4-5-9-22(19)30-25/h2-14H,1H3. The quantitative estimate of drug-likeness (QED) is 0.312. The SMILES string of the molecule is Cc1nc(-c2ccc(-c3nc4ccccc4s3)nc2)nc2ccc3ccccc3c12. The molecular formula is C25H16N4S. The molecule has 6 rings (SSSR count). The molecule has 4 nitrogen and oxygen atoms in total. The Morgan fingerprint density at radius 1 is 0.733 bits per heavy atom. The van der Waals surface area contributed by atoms with Crippen LogP contribution in [0.5, 0.6) is 0 Å². The first-order chi connectivity index (χ1) is 14.8. The van der Waals surface area contributed by atoms with E-state index >= 15 is 0 Å². The van der Waals surface area contributed by atoms with Gasteiger partial charge in [0.1, 0.15) is 5.01 Å². The summed E-state index contributed by atoms with van der Waals surface area (Å²) in [6.07, 6.45) is 1.84. The summed E-state index contributed by atoms with van der Waals surface area (Å²) >= 11 is 1.65. The Bertz CT molecular complexity index is 1520. The Hall–Kier alpha value is -3.70. The van der Waals surface area contributed by atoms with Gasteiger partial charge >= 0.3 is 0 Å². The monoisotopic (exact) mass is 404 g/mol. The van der Waals surface area contributed by atoms with E-state index in [0.717, 1.165) is 38.4 Å². The van der Waals surface area contributed by atoms with Gasteiger partial charge in [0, 0.05) is 22.8 Å². The number of aromatic nitrogens is 4. The third kappa shape index (κ3) is 2.75. The lowest BCUT2D eigenvalue weighted by Crippen LogP contribution is -1.96. The maximum absolute atomic E-state index is 4.83. The second-order valence-electron chi connectivity index (χ2n) is 7.23. The minimum atomic E-state index is 0.693. The Balaban J connectivity index is 1.43. The second-order valence-corrected chi connectivity index (χ2v) is 8.26. The number of thiazole rings is 1. The van der Waals surface area contributed by atoms with Gasteiger partial charge in [0.15, 0.2) is 5.82 Å². The van der Waals surface area contributed by atoms with Crippen LogP contribution in [-0.4, -0.2) is 19.9 Å². The smallest absolute Gasteiger partial charge is 0.161 e. The number of hydrogen-bond acceptors (Lipinski definition) is 5. The molecule has 0 fully saturated rings. The number of nitrogens with zero attached hydrogens (tertiary/aromatic N) is 4. The Kier molecular flexibility index (Phi) is 3.82. The van der Waals surface area contributed by atoms with Crippen molar-refractivity contribution in [3.8, 4) is 22.1 Å². The van der Waals surface area contributed by atoms with Crippen LogP contribution in [-0.2, 0) is 0 Å². The fraction of sp³-hybridized carbons (Fsp3) is 0.0400. The van der Waals surface area contributed by atoms with E-state index in [-0.39, 0.29) is 0 Å². The van der Waals surface area contributed by atoms with Gasteiger partial charge in [0.25, 0.3) is 0 Å². The van der Waals surface area contributed by atoms with E-state index < -0.39 is 0 Å². The lowest BCUT2D eigenvalue weighted by Gasteiger charge is -2.09. The highest BCUT2D eigenvalue weighted by Crippen LogP contribution is 2.31. The molecule has 0 atom stereocenters. The largest absolute Gasteiger partial charge is 0.253 e. The summed E-state index contributed by atoms with van der Waals surface area (Å²) in [5.41, 5.74) is 4.69. The van der Waals surface area contributed by atoms with Crippen molar-refractivity contribution in [1.29, 1.82) is 0 Å². The molecule has 0 unspecified atom stereocenters. The minimum absolute atomic E-state index is 0.693. The topological polar surface area (TPSA) is 51.6 Å². The summed E-state index contributed by atoms with van der Waals surface area (Å²) < 4.78 is 1.17. The molecule has 0 saturated carbocycles. The van der Waals surface area contributed by atoms with Gasteiger partial charge in [-0.25, -0.2) is 15.0 Å². The zero-order valence-corrected chi connectivity index (χ0v) is 17.0. The fourth-order valence-corrected chi connectivity index (χ4v) is 4.79. The van der Waals surface area contributed by atoms with E-state index in [0.29, 0.717) is 5.82 Å². The normalized spacial score (nSPS) is 11.5. The van der Waals surface area contributed by atoms with E-state index in [1.807, 2.05) is 43.5 Å². The van der Waals surface area contributed by atoms with E-state index in [1.54, 1.807) is 11.3 Å². The highest BCUT2D eigenvalue weighted by atomic mass is 32.1. The molecular weight excluding hydrogens is 388 g/mol. The molecule has 0 aliphatic carbocycles. The number of para-hydroxylation sites is 1. The van der Waals surface area contributed by atoms with E-state index in [4.69, 9.17) is 15.0 Å². The molecule has 3 heterocycles. The maximum Gasteiger partial charge on any atom is 0.161 e. The molecule has 3 aromatic carbocycles. The Morgan fingerprint density at radius 2 is 1.60 bits per heavy atom. The van der Waals surface area contributed by atoms with Crippen LogP contribution in [0.15, 0.2) is 79.0 Å². The van der Waals surface area contributed by atoms with Crippen molar-refractivity contribution >= 4 is 43.2 Å². The molecule has 0 aliphatic rings. The van der Waals surface area contributed by atoms with Crippen molar-refractivity contribution in [2.24, 2.45) is 0 Å². The first kappa shape index (κ1) is 17.2. The van der Waals surface area contributed by atoms with Crippen LogP contribution in [0.3, 0.4) is 0 Å². The third-order valence-corrected chi connectivity index (χ3v) is 6.36. The van der Waals surface area contributed by atoms with Crippen LogP contribution < -0.4 is 0 Å². The third-order valence-electron chi connectivity index (χ3n) is 5.30. The van der Waals surface area contributed by atoms with Crippen molar-refractivity contribution in [1.82, 2.24) is 19.9 Å². The van der Waals surface area contributed by atoms with Crippen LogP contribution in [0.4, 0.5) is 0 Å². The van der Waals surface area contributed by atoms with E-state index in [1.165, 1.54) is 15.5 Å². The molecule has 0 amide bonds. The predicted octanol–water partition coefficient (Wildman–Crippen LogP) is 6.43. The van der Waals surface area contributed by atoms with Crippen molar-refractivity contribution in [3.05, 3.63) is 84.7 Å². The molecule has 142 valence electrons. The molecule has 5 heteroatoms. The highest BCUT2D eigenvalue weighted by Gasteiger charge is 2.12. The molecule has 0 aliphatic heterocycles. The molecule has 0 bridgehead atoms. The number of pyridine rings is 1. The summed E-state index contributed by atoms with van der Waals surface area (Å²) in [4.78, 5) is 19.0. The van der Waals surface area contributed by atoms with Crippen LogP contribution >= 0.6 is 11.3 Å².